The number of hydrogen-bond donors (Lipinski definition) is 1. The minimum Gasteiger partial charge on any atom is -0.480 e. The number of hydrogen-bond acceptors (Lipinski definition) is 4. The van der Waals surface area contributed by atoms with Gasteiger partial charge < -0.3 is 4.74 Å². The fourth-order valence-corrected chi connectivity index (χ4v) is 3.41. The van der Waals surface area contributed by atoms with Crippen LogP contribution in [0.25, 0.3) is 6.08 Å². The van der Waals surface area contributed by atoms with Crippen molar-refractivity contribution in [2.24, 2.45) is 0 Å². The summed E-state index contributed by atoms with van der Waals surface area (Å²) in [5.41, 5.74) is 1.63. The minimum absolute atomic E-state index is 0.213. The number of ether oxygens (including phenoxy) is 1. The lowest BCUT2D eigenvalue weighted by Crippen LogP contribution is -2.41. The Labute approximate surface area is 141 Å². The molecule has 24 heavy (non-hydrogen) atoms. The maximum absolute atomic E-state index is 12.3. The predicted octanol–water partition coefficient (Wildman–Crippen LogP) is 2.67. The van der Waals surface area contributed by atoms with Gasteiger partial charge in [0.15, 0.2) is 6.10 Å². The standard InChI is InChI=1S/C18H17NO4S/c1-13-15-9-5-6-10-16(15)23-17(13)18(20)19-24(21,22)12-11-14-7-3-2-4-8-14/h2-13,17H,1H3,(H,19,20)/b12-11+. The summed E-state index contributed by atoms with van der Waals surface area (Å²) < 4.78 is 31.8. The van der Waals surface area contributed by atoms with Crippen molar-refractivity contribution in [3.8, 4) is 5.75 Å². The minimum atomic E-state index is -3.89. The van der Waals surface area contributed by atoms with E-state index in [0.29, 0.717) is 5.75 Å². The Hall–Kier alpha value is -2.60. The van der Waals surface area contributed by atoms with Crippen LogP contribution in [0.2, 0.25) is 0 Å². The summed E-state index contributed by atoms with van der Waals surface area (Å²) in [6, 6.07) is 16.3. The lowest BCUT2D eigenvalue weighted by molar-refractivity contribution is -0.126. The van der Waals surface area contributed by atoms with Crippen molar-refractivity contribution < 1.29 is 17.9 Å². The highest BCUT2D eigenvalue weighted by Crippen LogP contribution is 2.37. The first kappa shape index (κ1) is 16.3. The first-order valence-corrected chi connectivity index (χ1v) is 9.06. The van der Waals surface area contributed by atoms with E-state index >= 15 is 0 Å². The molecule has 3 rings (SSSR count). The van der Waals surface area contributed by atoms with Crippen LogP contribution < -0.4 is 9.46 Å². The van der Waals surface area contributed by atoms with E-state index in [4.69, 9.17) is 4.74 Å². The van der Waals surface area contributed by atoms with Crippen molar-refractivity contribution in [2.45, 2.75) is 18.9 Å². The van der Waals surface area contributed by atoms with E-state index in [1.807, 2.05) is 31.2 Å². The van der Waals surface area contributed by atoms with Gasteiger partial charge in [-0.15, -0.1) is 0 Å². The highest BCUT2D eigenvalue weighted by atomic mass is 32.2. The molecule has 0 bridgehead atoms. The van der Waals surface area contributed by atoms with E-state index in [1.54, 1.807) is 30.3 Å². The second kappa shape index (κ2) is 6.49. The molecule has 0 saturated carbocycles. The van der Waals surface area contributed by atoms with Crippen LogP contribution in [0.1, 0.15) is 24.0 Å². The normalized spacial score (nSPS) is 19.7. The fraction of sp³-hybridized carbons (Fsp3) is 0.167. The molecule has 1 amide bonds. The van der Waals surface area contributed by atoms with Gasteiger partial charge in [-0.3, -0.25) is 4.79 Å². The molecule has 0 spiro atoms. The Morgan fingerprint density at radius 1 is 1.08 bits per heavy atom. The predicted molar refractivity (Wildman–Crippen MR) is 91.8 cm³/mol. The van der Waals surface area contributed by atoms with Gasteiger partial charge in [-0.2, -0.15) is 0 Å². The molecule has 2 unspecified atom stereocenters. The number of fused-ring (bicyclic) bond motifs is 1. The Bertz CT molecular complexity index is 875. The second-order valence-corrected chi connectivity index (χ2v) is 7.16. The molecule has 1 heterocycles. The highest BCUT2D eigenvalue weighted by molar-refractivity contribution is 7.93. The molecular weight excluding hydrogens is 326 g/mol. The van der Waals surface area contributed by atoms with Crippen LogP contribution >= 0.6 is 0 Å². The van der Waals surface area contributed by atoms with Gasteiger partial charge in [0.25, 0.3) is 15.9 Å². The third-order valence-corrected chi connectivity index (χ3v) is 4.84. The number of benzene rings is 2. The zero-order valence-electron chi connectivity index (χ0n) is 13.0. The molecular formula is C18H17NO4S. The van der Waals surface area contributed by atoms with Crippen molar-refractivity contribution in [2.75, 3.05) is 0 Å². The van der Waals surface area contributed by atoms with E-state index in [1.165, 1.54) is 6.08 Å². The van der Waals surface area contributed by atoms with Crippen molar-refractivity contribution in [1.82, 2.24) is 4.72 Å². The summed E-state index contributed by atoms with van der Waals surface area (Å²) in [4.78, 5) is 12.3. The van der Waals surface area contributed by atoms with Gasteiger partial charge in [-0.1, -0.05) is 55.5 Å². The summed E-state index contributed by atoms with van der Waals surface area (Å²) in [6.45, 7) is 1.84. The van der Waals surface area contributed by atoms with Crippen molar-refractivity contribution in [1.29, 1.82) is 0 Å². The van der Waals surface area contributed by atoms with Crippen LogP contribution in [0.15, 0.2) is 60.0 Å². The molecule has 2 atom stereocenters. The van der Waals surface area contributed by atoms with Gasteiger partial charge in [0.2, 0.25) is 0 Å². The van der Waals surface area contributed by atoms with Crippen molar-refractivity contribution in [3.63, 3.8) is 0 Å². The molecule has 2 aromatic carbocycles. The topological polar surface area (TPSA) is 72.5 Å². The van der Waals surface area contributed by atoms with Gasteiger partial charge in [-0.25, -0.2) is 13.1 Å². The highest BCUT2D eigenvalue weighted by Gasteiger charge is 2.37. The van der Waals surface area contributed by atoms with E-state index in [2.05, 4.69) is 4.72 Å². The van der Waals surface area contributed by atoms with E-state index in [-0.39, 0.29) is 5.92 Å². The number of nitrogens with one attached hydrogen (secondary N) is 1. The SMILES string of the molecule is CC1c2ccccc2OC1C(=O)NS(=O)(=O)/C=C/c1ccccc1. The van der Waals surface area contributed by atoms with Crippen LogP contribution in [0.5, 0.6) is 5.75 Å². The summed E-state index contributed by atoms with van der Waals surface area (Å²) in [5, 5.41) is 0.979. The van der Waals surface area contributed by atoms with Gasteiger partial charge in [-0.05, 0) is 17.7 Å². The molecule has 0 saturated heterocycles. The number of carbonyl (C=O) groups excluding carboxylic acids is 1. The lowest BCUT2D eigenvalue weighted by Gasteiger charge is -2.14. The molecule has 6 heteroatoms. The molecule has 1 aliphatic heterocycles. The quantitative estimate of drug-likeness (QED) is 0.926. The molecule has 124 valence electrons. The van der Waals surface area contributed by atoms with Gasteiger partial charge in [0.1, 0.15) is 5.75 Å². The molecule has 0 fully saturated rings. The van der Waals surface area contributed by atoms with Crippen molar-refractivity contribution in [3.05, 3.63) is 71.1 Å². The molecule has 0 aromatic heterocycles. The number of carbonyl (C=O) groups is 1. The van der Waals surface area contributed by atoms with E-state index in [9.17, 15) is 13.2 Å². The Balaban J connectivity index is 1.70. The number of sulfonamides is 1. The molecule has 1 N–H and O–H groups in total. The Morgan fingerprint density at radius 2 is 1.75 bits per heavy atom. The number of para-hydroxylation sites is 1. The van der Waals surface area contributed by atoms with Crippen LogP contribution in [0, 0.1) is 0 Å². The van der Waals surface area contributed by atoms with Crippen LogP contribution in [0.4, 0.5) is 0 Å². The first-order chi connectivity index (χ1) is 11.5. The Kier molecular flexibility index (Phi) is 4.40. The average Bonchev–Trinajstić information content (AvgIpc) is 2.91. The molecule has 1 aliphatic rings. The fourth-order valence-electron chi connectivity index (χ4n) is 2.61. The van der Waals surface area contributed by atoms with E-state index in [0.717, 1.165) is 16.5 Å². The zero-order chi connectivity index (χ0) is 17.2. The van der Waals surface area contributed by atoms with Gasteiger partial charge in [0, 0.05) is 11.5 Å². The third kappa shape index (κ3) is 3.49. The first-order valence-electron chi connectivity index (χ1n) is 7.52. The van der Waals surface area contributed by atoms with Crippen LogP contribution in [0.3, 0.4) is 0 Å². The Morgan fingerprint density at radius 3 is 2.46 bits per heavy atom. The van der Waals surface area contributed by atoms with E-state index < -0.39 is 22.0 Å². The molecule has 5 nitrogen and oxygen atoms in total. The van der Waals surface area contributed by atoms with Crippen LogP contribution in [-0.4, -0.2) is 20.4 Å². The summed E-state index contributed by atoms with van der Waals surface area (Å²) in [7, 11) is -3.89. The lowest BCUT2D eigenvalue weighted by atomic mass is 9.97. The molecule has 0 aliphatic carbocycles. The van der Waals surface area contributed by atoms with Crippen molar-refractivity contribution >= 4 is 22.0 Å². The summed E-state index contributed by atoms with van der Waals surface area (Å²) >= 11 is 0. The average molecular weight is 343 g/mol. The summed E-state index contributed by atoms with van der Waals surface area (Å²) in [5.74, 6) is -0.270. The maximum Gasteiger partial charge on any atom is 0.275 e. The third-order valence-electron chi connectivity index (χ3n) is 3.86. The zero-order valence-corrected chi connectivity index (χ0v) is 13.9. The monoisotopic (exact) mass is 343 g/mol. The smallest absolute Gasteiger partial charge is 0.275 e. The molecule has 0 radical (unpaired) electrons. The molecule has 2 aromatic rings. The largest absolute Gasteiger partial charge is 0.480 e. The van der Waals surface area contributed by atoms with Gasteiger partial charge >= 0.3 is 0 Å². The maximum atomic E-state index is 12.3. The number of rotatable bonds is 4. The van der Waals surface area contributed by atoms with Gasteiger partial charge in [0.05, 0.1) is 5.41 Å². The number of amides is 1. The summed E-state index contributed by atoms with van der Waals surface area (Å²) in [6.07, 6.45) is 0.575. The van der Waals surface area contributed by atoms with Crippen LogP contribution in [-0.2, 0) is 14.8 Å². The second-order valence-electron chi connectivity index (χ2n) is 5.59.